The summed E-state index contributed by atoms with van der Waals surface area (Å²) in [5, 5.41) is 6.37. The third-order valence-electron chi connectivity index (χ3n) is 1.90. The first-order valence-corrected chi connectivity index (χ1v) is 3.36. The fourth-order valence-corrected chi connectivity index (χ4v) is 0.931. The van der Waals surface area contributed by atoms with E-state index in [1.165, 1.54) is 0 Å². The first kappa shape index (κ1) is 12.0. The van der Waals surface area contributed by atoms with Gasteiger partial charge in [0.25, 0.3) is 5.79 Å². The van der Waals surface area contributed by atoms with Crippen LogP contribution in [0.3, 0.4) is 0 Å². The van der Waals surface area contributed by atoms with Crippen molar-refractivity contribution in [3.05, 3.63) is 11.7 Å². The minimum absolute atomic E-state index is 2.35. The molecule has 0 aliphatic heterocycles. The van der Waals surface area contributed by atoms with Crippen LogP contribution in [0.4, 0.5) is 30.7 Å². The van der Waals surface area contributed by atoms with Gasteiger partial charge in [-0.05, 0) is 0 Å². The molecule has 1 unspecified atom stereocenters. The fraction of sp³-hybridized carbons (Fsp3) is 0.500. The zero-order valence-corrected chi connectivity index (χ0v) is 6.72. The molecule has 2 nitrogen and oxygen atoms in total. The lowest BCUT2D eigenvalue weighted by Crippen LogP contribution is -2.68. The Kier molecular flexibility index (Phi) is 2.16. The highest BCUT2D eigenvalue weighted by molar-refractivity contribution is 6.04. The maximum Gasteiger partial charge on any atom is 0.369 e. The van der Waals surface area contributed by atoms with E-state index in [-0.39, 0.29) is 0 Å². The van der Waals surface area contributed by atoms with Gasteiger partial charge in [-0.2, -0.15) is 17.6 Å². The normalized spacial score (nSPS) is 34.5. The van der Waals surface area contributed by atoms with Crippen LogP contribution in [0.15, 0.2) is 11.7 Å². The highest BCUT2D eigenvalue weighted by Crippen LogP contribution is 2.52. The van der Waals surface area contributed by atoms with Crippen molar-refractivity contribution >= 4 is 5.71 Å². The van der Waals surface area contributed by atoms with Gasteiger partial charge in [0.05, 0.1) is 0 Å². The van der Waals surface area contributed by atoms with E-state index in [1.54, 1.807) is 0 Å². The van der Waals surface area contributed by atoms with Crippen LogP contribution < -0.4 is 5.73 Å². The molecule has 1 rings (SSSR count). The summed E-state index contributed by atoms with van der Waals surface area (Å²) >= 11 is 0. The average Bonchev–Trinajstić information content (AvgIpc) is 2.12. The molecule has 0 radical (unpaired) electrons. The van der Waals surface area contributed by atoms with Crippen molar-refractivity contribution in [3.8, 4) is 0 Å². The summed E-state index contributed by atoms with van der Waals surface area (Å²) in [5.41, 5.74) is 1.71. The van der Waals surface area contributed by atoms with Crippen LogP contribution in [0.2, 0.25) is 0 Å². The number of rotatable bonds is 0. The van der Waals surface area contributed by atoms with Crippen molar-refractivity contribution in [2.45, 2.75) is 17.6 Å². The summed E-state index contributed by atoms with van der Waals surface area (Å²) in [5.74, 6) is -22.1. The molecule has 0 heterocycles. The topological polar surface area (TPSA) is 49.9 Å². The van der Waals surface area contributed by atoms with Crippen molar-refractivity contribution in [3.63, 3.8) is 0 Å². The van der Waals surface area contributed by atoms with Crippen molar-refractivity contribution < 1.29 is 30.7 Å². The number of halogens is 7. The van der Waals surface area contributed by atoms with Crippen molar-refractivity contribution in [2.75, 3.05) is 0 Å². The van der Waals surface area contributed by atoms with E-state index >= 15 is 0 Å². The Labute approximate surface area is 78.1 Å². The predicted molar refractivity (Wildman–Crippen MR) is 34.9 cm³/mol. The van der Waals surface area contributed by atoms with E-state index in [0.29, 0.717) is 0 Å². The van der Waals surface area contributed by atoms with Gasteiger partial charge in [0.1, 0.15) is 5.71 Å². The third kappa shape index (κ3) is 1.12. The van der Waals surface area contributed by atoms with Gasteiger partial charge in [-0.3, -0.25) is 11.1 Å². The van der Waals surface area contributed by atoms with E-state index in [1.807, 2.05) is 0 Å². The first-order valence-electron chi connectivity index (χ1n) is 3.36. The van der Waals surface area contributed by atoms with Gasteiger partial charge in [0.2, 0.25) is 5.83 Å². The third-order valence-corrected chi connectivity index (χ3v) is 1.90. The Balaban J connectivity index is 3.56. The molecule has 0 saturated carbocycles. The summed E-state index contributed by atoms with van der Waals surface area (Å²) < 4.78 is 87.8. The number of hydrogen-bond acceptors (Lipinski definition) is 2. The van der Waals surface area contributed by atoms with Gasteiger partial charge in [0.15, 0.2) is 5.83 Å². The van der Waals surface area contributed by atoms with Gasteiger partial charge in [-0.1, -0.05) is 0 Å². The number of allylic oxidation sites excluding steroid dienone is 1. The van der Waals surface area contributed by atoms with Crippen LogP contribution >= 0.6 is 0 Å². The minimum atomic E-state index is -5.73. The Bertz CT molecular complexity index is 356. The van der Waals surface area contributed by atoms with Gasteiger partial charge >= 0.3 is 11.8 Å². The molecule has 86 valence electrons. The Morgan fingerprint density at radius 1 is 1.00 bits per heavy atom. The smallest absolute Gasteiger partial charge is 0.297 e. The van der Waals surface area contributed by atoms with Crippen molar-refractivity contribution in [2.24, 2.45) is 5.73 Å². The largest absolute Gasteiger partial charge is 0.369 e. The highest BCUT2D eigenvalue weighted by atomic mass is 19.3. The Morgan fingerprint density at radius 3 is 1.80 bits per heavy atom. The molecule has 0 spiro atoms. The van der Waals surface area contributed by atoms with Crippen LogP contribution in [-0.4, -0.2) is 23.3 Å². The quantitative estimate of drug-likeness (QED) is 0.491. The molecule has 3 N–H and O–H groups in total. The summed E-state index contributed by atoms with van der Waals surface area (Å²) in [4.78, 5) is 0. The Hall–Kier alpha value is -1.12. The second-order valence-electron chi connectivity index (χ2n) is 2.86. The van der Waals surface area contributed by atoms with Gasteiger partial charge in [-0.15, -0.1) is 0 Å². The predicted octanol–water partition coefficient (Wildman–Crippen LogP) is 2.07. The lowest BCUT2D eigenvalue weighted by Gasteiger charge is -2.37. The average molecular weight is 236 g/mol. The van der Waals surface area contributed by atoms with Crippen molar-refractivity contribution in [1.82, 2.24) is 0 Å². The lowest BCUT2D eigenvalue weighted by atomic mass is 9.89. The molecule has 1 aliphatic carbocycles. The van der Waals surface area contributed by atoms with Crippen LogP contribution in [0, 0.1) is 5.41 Å². The molecular weight excluding hydrogens is 233 g/mol. The van der Waals surface area contributed by atoms with E-state index < -0.39 is 35.0 Å². The van der Waals surface area contributed by atoms with Gasteiger partial charge in [-0.25, -0.2) is 13.2 Å². The molecule has 0 amide bonds. The van der Waals surface area contributed by atoms with E-state index in [2.05, 4.69) is 5.73 Å². The zero-order chi connectivity index (χ0) is 12.2. The maximum atomic E-state index is 12.8. The SMILES string of the molecule is N=C1C(F)=C(F)C(F)(F)C(F)(F)C1(N)F. The number of nitrogens with one attached hydrogen (secondary N) is 1. The molecule has 0 saturated heterocycles. The van der Waals surface area contributed by atoms with Crippen LogP contribution in [0.25, 0.3) is 0 Å². The zero-order valence-electron chi connectivity index (χ0n) is 6.72. The maximum absolute atomic E-state index is 12.8. The molecule has 0 aromatic heterocycles. The van der Waals surface area contributed by atoms with E-state index in [0.717, 1.165) is 0 Å². The van der Waals surface area contributed by atoms with Crippen LogP contribution in [-0.2, 0) is 0 Å². The second kappa shape index (κ2) is 2.71. The molecule has 1 atom stereocenters. The van der Waals surface area contributed by atoms with E-state index in [4.69, 9.17) is 5.41 Å². The molecule has 9 heteroatoms. The molecule has 15 heavy (non-hydrogen) atoms. The molecule has 0 aromatic rings. The molecule has 1 aliphatic rings. The highest BCUT2D eigenvalue weighted by Gasteiger charge is 2.77. The molecule has 0 bridgehead atoms. The summed E-state index contributed by atoms with van der Waals surface area (Å²) in [6.45, 7) is 0. The van der Waals surface area contributed by atoms with Gasteiger partial charge in [0, 0.05) is 0 Å². The first-order chi connectivity index (χ1) is 6.48. The summed E-state index contributed by atoms with van der Waals surface area (Å²) in [6.07, 6.45) is 0. The number of nitrogens with two attached hydrogens (primary N) is 1. The summed E-state index contributed by atoms with van der Waals surface area (Å²) in [6, 6.07) is 0. The lowest BCUT2D eigenvalue weighted by molar-refractivity contribution is -0.246. The van der Waals surface area contributed by atoms with Crippen LogP contribution in [0.1, 0.15) is 0 Å². The molecular formula is C6H3F7N2. The monoisotopic (exact) mass is 236 g/mol. The number of hydrogen-bond donors (Lipinski definition) is 2. The second-order valence-corrected chi connectivity index (χ2v) is 2.86. The number of alkyl halides is 5. The fourth-order valence-electron chi connectivity index (χ4n) is 0.931. The van der Waals surface area contributed by atoms with Gasteiger partial charge < -0.3 is 0 Å². The molecule has 0 aromatic carbocycles. The van der Waals surface area contributed by atoms with Crippen molar-refractivity contribution in [1.29, 1.82) is 5.41 Å². The summed E-state index contributed by atoms with van der Waals surface area (Å²) in [7, 11) is 0. The molecule has 0 fully saturated rings. The van der Waals surface area contributed by atoms with E-state index in [9.17, 15) is 30.7 Å². The van der Waals surface area contributed by atoms with Crippen LogP contribution in [0.5, 0.6) is 0 Å². The Morgan fingerprint density at radius 2 is 1.40 bits per heavy atom. The minimum Gasteiger partial charge on any atom is -0.297 e. The standard InChI is InChI=1S/C6H3F7N2/c7-1-2(8)4(9,10)6(12,13)5(11,15)3(1)14/h14H,15H2.